The standard InChI is InChI=1S/C13H19N3O2/c1-15(2)11-4-7-16(8-5-11)12-9-10(13(17)18)3-6-14-12/h3,6,9,11H,4-5,7-8H2,1-2H3,(H,17,18). The minimum absolute atomic E-state index is 0.301. The Morgan fingerprint density at radius 3 is 2.67 bits per heavy atom. The van der Waals surface area contributed by atoms with Gasteiger partial charge in [-0.25, -0.2) is 9.78 Å². The fourth-order valence-corrected chi connectivity index (χ4v) is 2.34. The van der Waals surface area contributed by atoms with E-state index in [9.17, 15) is 4.79 Å². The largest absolute Gasteiger partial charge is 0.478 e. The zero-order valence-electron chi connectivity index (χ0n) is 10.8. The molecule has 0 aromatic carbocycles. The third kappa shape index (κ3) is 2.79. The summed E-state index contributed by atoms with van der Waals surface area (Å²) in [6, 6.07) is 3.79. The molecule has 1 N–H and O–H groups in total. The number of carboxylic acid groups (broad SMARTS) is 1. The number of pyridine rings is 1. The van der Waals surface area contributed by atoms with Gasteiger partial charge in [0.2, 0.25) is 0 Å². The summed E-state index contributed by atoms with van der Waals surface area (Å²) in [5.74, 6) is -0.131. The molecular weight excluding hydrogens is 230 g/mol. The van der Waals surface area contributed by atoms with Gasteiger partial charge >= 0.3 is 5.97 Å². The quantitative estimate of drug-likeness (QED) is 0.875. The van der Waals surface area contributed by atoms with Crippen molar-refractivity contribution in [3.05, 3.63) is 23.9 Å². The SMILES string of the molecule is CN(C)C1CCN(c2cc(C(=O)O)ccn2)CC1. The highest BCUT2D eigenvalue weighted by Gasteiger charge is 2.21. The van der Waals surface area contributed by atoms with E-state index in [1.165, 1.54) is 6.07 Å². The number of aromatic carboxylic acids is 1. The second-order valence-corrected chi connectivity index (χ2v) is 4.89. The van der Waals surface area contributed by atoms with Crippen molar-refractivity contribution >= 4 is 11.8 Å². The molecule has 0 saturated carbocycles. The molecule has 1 aliphatic rings. The van der Waals surface area contributed by atoms with Crippen molar-refractivity contribution in [2.75, 3.05) is 32.1 Å². The Balaban J connectivity index is 2.05. The van der Waals surface area contributed by atoms with Crippen LogP contribution in [0, 0.1) is 0 Å². The molecule has 1 saturated heterocycles. The van der Waals surface area contributed by atoms with Gasteiger partial charge in [0.15, 0.2) is 0 Å². The fourth-order valence-electron chi connectivity index (χ4n) is 2.34. The van der Waals surface area contributed by atoms with Crippen LogP contribution >= 0.6 is 0 Å². The van der Waals surface area contributed by atoms with Gasteiger partial charge in [-0.1, -0.05) is 0 Å². The van der Waals surface area contributed by atoms with Gasteiger partial charge in [-0.05, 0) is 39.1 Å². The maximum Gasteiger partial charge on any atom is 0.335 e. The molecule has 0 aliphatic carbocycles. The molecule has 1 aromatic rings. The minimum Gasteiger partial charge on any atom is -0.478 e. The van der Waals surface area contributed by atoms with E-state index in [1.54, 1.807) is 12.3 Å². The predicted octanol–water partition coefficient (Wildman–Crippen LogP) is 1.31. The second kappa shape index (κ2) is 5.35. The van der Waals surface area contributed by atoms with Crippen LogP contribution < -0.4 is 4.90 Å². The van der Waals surface area contributed by atoms with Gasteiger partial charge in [0.05, 0.1) is 5.56 Å². The maximum atomic E-state index is 10.9. The fraction of sp³-hybridized carbons (Fsp3) is 0.538. The number of anilines is 1. The molecule has 5 nitrogen and oxygen atoms in total. The molecule has 0 unspecified atom stereocenters. The molecule has 98 valence electrons. The van der Waals surface area contributed by atoms with Crippen molar-refractivity contribution < 1.29 is 9.90 Å². The highest BCUT2D eigenvalue weighted by Crippen LogP contribution is 2.20. The molecular formula is C13H19N3O2. The van der Waals surface area contributed by atoms with Crippen LogP contribution in [0.1, 0.15) is 23.2 Å². The van der Waals surface area contributed by atoms with Crippen LogP contribution in [0.25, 0.3) is 0 Å². The van der Waals surface area contributed by atoms with E-state index in [0.717, 1.165) is 31.7 Å². The molecule has 2 rings (SSSR count). The Labute approximate surface area is 107 Å². The summed E-state index contributed by atoms with van der Waals surface area (Å²) in [5.41, 5.74) is 0.301. The van der Waals surface area contributed by atoms with E-state index in [0.29, 0.717) is 11.6 Å². The van der Waals surface area contributed by atoms with Gasteiger partial charge in [-0.3, -0.25) is 0 Å². The topological polar surface area (TPSA) is 56.7 Å². The van der Waals surface area contributed by atoms with Crippen LogP contribution in [0.3, 0.4) is 0 Å². The van der Waals surface area contributed by atoms with E-state index >= 15 is 0 Å². The summed E-state index contributed by atoms with van der Waals surface area (Å²) < 4.78 is 0. The number of hydrogen-bond donors (Lipinski definition) is 1. The Morgan fingerprint density at radius 1 is 1.44 bits per heavy atom. The third-order valence-electron chi connectivity index (χ3n) is 3.51. The van der Waals surface area contributed by atoms with Crippen molar-refractivity contribution in [1.82, 2.24) is 9.88 Å². The Hall–Kier alpha value is -1.62. The van der Waals surface area contributed by atoms with E-state index in [4.69, 9.17) is 5.11 Å². The first-order valence-corrected chi connectivity index (χ1v) is 6.18. The van der Waals surface area contributed by atoms with Crippen LogP contribution in [-0.4, -0.2) is 54.2 Å². The van der Waals surface area contributed by atoms with Crippen molar-refractivity contribution in [3.8, 4) is 0 Å². The first-order valence-electron chi connectivity index (χ1n) is 6.18. The molecule has 18 heavy (non-hydrogen) atoms. The Kier molecular flexibility index (Phi) is 3.81. The highest BCUT2D eigenvalue weighted by atomic mass is 16.4. The number of hydrogen-bond acceptors (Lipinski definition) is 4. The smallest absolute Gasteiger partial charge is 0.335 e. The second-order valence-electron chi connectivity index (χ2n) is 4.89. The van der Waals surface area contributed by atoms with Crippen molar-refractivity contribution in [3.63, 3.8) is 0 Å². The van der Waals surface area contributed by atoms with Crippen LogP contribution in [0.4, 0.5) is 5.82 Å². The lowest BCUT2D eigenvalue weighted by Gasteiger charge is -2.35. The normalized spacial score (nSPS) is 17.2. The molecule has 0 radical (unpaired) electrons. The highest BCUT2D eigenvalue weighted by molar-refractivity contribution is 5.88. The summed E-state index contributed by atoms with van der Waals surface area (Å²) in [7, 11) is 4.20. The van der Waals surface area contributed by atoms with Gasteiger partial charge in [0.25, 0.3) is 0 Å². The zero-order chi connectivity index (χ0) is 13.1. The maximum absolute atomic E-state index is 10.9. The molecule has 1 fully saturated rings. The number of rotatable bonds is 3. The average molecular weight is 249 g/mol. The number of nitrogens with zero attached hydrogens (tertiary/aromatic N) is 3. The first kappa shape index (κ1) is 12.8. The molecule has 2 heterocycles. The Morgan fingerprint density at radius 2 is 2.11 bits per heavy atom. The number of aromatic nitrogens is 1. The summed E-state index contributed by atoms with van der Waals surface area (Å²) in [4.78, 5) is 19.6. The average Bonchev–Trinajstić information content (AvgIpc) is 2.39. The van der Waals surface area contributed by atoms with Gasteiger partial charge in [-0.2, -0.15) is 0 Å². The summed E-state index contributed by atoms with van der Waals surface area (Å²) in [6.07, 6.45) is 3.74. The molecule has 1 aliphatic heterocycles. The van der Waals surface area contributed by atoms with Crippen molar-refractivity contribution in [1.29, 1.82) is 0 Å². The predicted molar refractivity (Wildman–Crippen MR) is 70.1 cm³/mol. The van der Waals surface area contributed by atoms with E-state index < -0.39 is 5.97 Å². The van der Waals surface area contributed by atoms with Gasteiger partial charge in [0.1, 0.15) is 5.82 Å². The zero-order valence-corrected chi connectivity index (χ0v) is 10.8. The lowest BCUT2D eigenvalue weighted by Crippen LogP contribution is -2.42. The van der Waals surface area contributed by atoms with E-state index in [-0.39, 0.29) is 0 Å². The van der Waals surface area contributed by atoms with Crippen LogP contribution in [0.2, 0.25) is 0 Å². The number of piperidine rings is 1. The van der Waals surface area contributed by atoms with Gasteiger partial charge in [-0.15, -0.1) is 0 Å². The first-order chi connectivity index (χ1) is 8.58. The third-order valence-corrected chi connectivity index (χ3v) is 3.51. The summed E-state index contributed by atoms with van der Waals surface area (Å²) in [5, 5.41) is 8.97. The molecule has 1 aromatic heterocycles. The number of carboxylic acids is 1. The summed E-state index contributed by atoms with van der Waals surface area (Å²) in [6.45, 7) is 1.86. The molecule has 0 atom stereocenters. The van der Waals surface area contributed by atoms with Crippen molar-refractivity contribution in [2.45, 2.75) is 18.9 Å². The molecule has 0 spiro atoms. The van der Waals surface area contributed by atoms with Crippen LogP contribution in [0.15, 0.2) is 18.3 Å². The number of carbonyl (C=O) groups is 1. The lowest BCUT2D eigenvalue weighted by molar-refractivity contribution is 0.0697. The van der Waals surface area contributed by atoms with Crippen LogP contribution in [-0.2, 0) is 0 Å². The van der Waals surface area contributed by atoms with Crippen LogP contribution in [0.5, 0.6) is 0 Å². The lowest BCUT2D eigenvalue weighted by atomic mass is 10.0. The molecule has 0 amide bonds. The van der Waals surface area contributed by atoms with Gasteiger partial charge < -0.3 is 14.9 Å². The summed E-state index contributed by atoms with van der Waals surface area (Å²) >= 11 is 0. The minimum atomic E-state index is -0.901. The Bertz CT molecular complexity index is 426. The van der Waals surface area contributed by atoms with Crippen molar-refractivity contribution in [2.24, 2.45) is 0 Å². The van der Waals surface area contributed by atoms with E-state index in [1.807, 2.05) is 0 Å². The molecule has 5 heteroatoms. The molecule has 0 bridgehead atoms. The van der Waals surface area contributed by atoms with E-state index in [2.05, 4.69) is 28.9 Å². The van der Waals surface area contributed by atoms with Gasteiger partial charge in [0, 0.05) is 25.3 Å². The monoisotopic (exact) mass is 249 g/mol.